The van der Waals surface area contributed by atoms with Gasteiger partial charge in [-0.25, -0.2) is 0 Å². The van der Waals surface area contributed by atoms with E-state index in [2.05, 4.69) is 36.5 Å². The molecule has 1 saturated carbocycles. The first-order valence-corrected chi connectivity index (χ1v) is 7.19. The third kappa shape index (κ3) is 2.40. The number of rotatable bonds is 3. The Kier molecular flexibility index (Phi) is 3.19. The summed E-state index contributed by atoms with van der Waals surface area (Å²) >= 11 is 0. The Morgan fingerprint density at radius 2 is 2.00 bits per heavy atom. The predicted octanol–water partition coefficient (Wildman–Crippen LogP) is 3.67. The number of hydrogen-bond donors (Lipinski definition) is 1. The van der Waals surface area contributed by atoms with Crippen LogP contribution in [-0.2, 0) is 0 Å². The Bertz CT molecular complexity index is 381. The van der Waals surface area contributed by atoms with Gasteiger partial charge >= 0.3 is 0 Å². The van der Waals surface area contributed by atoms with E-state index in [1.54, 1.807) is 11.1 Å². The maximum absolute atomic E-state index is 3.54. The summed E-state index contributed by atoms with van der Waals surface area (Å²) in [5, 5.41) is 3.54. The molecule has 1 heteroatoms. The second kappa shape index (κ2) is 4.81. The summed E-state index contributed by atoms with van der Waals surface area (Å²) in [6.45, 7) is 4.72. The summed E-state index contributed by atoms with van der Waals surface area (Å²) in [5.41, 5.74) is 3.19. The van der Waals surface area contributed by atoms with Gasteiger partial charge in [0.2, 0.25) is 0 Å². The fraction of sp³-hybridized carbons (Fsp3) is 0.625. The van der Waals surface area contributed by atoms with Crippen molar-refractivity contribution in [1.82, 2.24) is 5.32 Å². The zero-order chi connectivity index (χ0) is 11.7. The monoisotopic (exact) mass is 229 g/mol. The van der Waals surface area contributed by atoms with E-state index < -0.39 is 0 Å². The minimum atomic E-state index is 0.792. The molecule has 1 aliphatic heterocycles. The van der Waals surface area contributed by atoms with Crippen molar-refractivity contribution in [3.63, 3.8) is 0 Å². The second-order valence-electron chi connectivity index (χ2n) is 5.71. The van der Waals surface area contributed by atoms with E-state index in [0.717, 1.165) is 17.8 Å². The van der Waals surface area contributed by atoms with Crippen LogP contribution in [0.25, 0.3) is 0 Å². The van der Waals surface area contributed by atoms with Crippen molar-refractivity contribution in [2.45, 2.75) is 44.4 Å². The smallest absolute Gasteiger partial charge is 0.00148 e. The Morgan fingerprint density at radius 3 is 2.76 bits per heavy atom. The van der Waals surface area contributed by atoms with Crippen LogP contribution in [0.5, 0.6) is 0 Å². The van der Waals surface area contributed by atoms with Crippen molar-refractivity contribution in [2.75, 3.05) is 13.1 Å². The third-order valence-corrected chi connectivity index (χ3v) is 4.52. The number of piperidine rings is 1. The molecular formula is C16H23N. The lowest BCUT2D eigenvalue weighted by Gasteiger charge is -2.32. The van der Waals surface area contributed by atoms with E-state index in [4.69, 9.17) is 0 Å². The van der Waals surface area contributed by atoms with Crippen LogP contribution in [0.3, 0.4) is 0 Å². The van der Waals surface area contributed by atoms with Crippen molar-refractivity contribution < 1.29 is 0 Å². The summed E-state index contributed by atoms with van der Waals surface area (Å²) in [6.07, 6.45) is 5.43. The molecule has 1 aromatic rings. The maximum atomic E-state index is 3.54. The minimum absolute atomic E-state index is 0.792. The van der Waals surface area contributed by atoms with Gasteiger partial charge in [-0.3, -0.25) is 0 Å². The Labute approximate surface area is 105 Å². The van der Waals surface area contributed by atoms with Crippen molar-refractivity contribution >= 4 is 0 Å². The molecule has 2 unspecified atom stereocenters. The van der Waals surface area contributed by atoms with Gasteiger partial charge in [0.25, 0.3) is 0 Å². The van der Waals surface area contributed by atoms with Crippen LogP contribution in [0.2, 0.25) is 0 Å². The maximum Gasteiger partial charge on any atom is -0.00148 e. The van der Waals surface area contributed by atoms with E-state index in [1.807, 2.05) is 0 Å². The largest absolute Gasteiger partial charge is 0.316 e. The molecule has 3 rings (SSSR count). The Balaban J connectivity index is 1.83. The zero-order valence-electron chi connectivity index (χ0n) is 10.8. The van der Waals surface area contributed by atoms with E-state index in [1.165, 1.54) is 38.8 Å². The molecule has 0 aromatic heterocycles. The average molecular weight is 229 g/mol. The first kappa shape index (κ1) is 11.3. The molecule has 1 heterocycles. The minimum Gasteiger partial charge on any atom is -0.316 e. The third-order valence-electron chi connectivity index (χ3n) is 4.52. The highest BCUT2D eigenvalue weighted by Crippen LogP contribution is 2.41. The standard InChI is InChI=1S/C16H23N/c1-2-12-11-17-9-8-16(12)15-5-3-4-14(10-15)13-6-7-13/h3-5,10,12-13,16-17H,2,6-9,11H2,1H3. The molecule has 92 valence electrons. The molecule has 1 N–H and O–H groups in total. The Morgan fingerprint density at radius 1 is 1.18 bits per heavy atom. The van der Waals surface area contributed by atoms with Crippen LogP contribution in [0.15, 0.2) is 24.3 Å². The summed E-state index contributed by atoms with van der Waals surface area (Å²) in [5.74, 6) is 2.51. The number of hydrogen-bond acceptors (Lipinski definition) is 1. The van der Waals surface area contributed by atoms with Gasteiger partial charge in [0.05, 0.1) is 0 Å². The van der Waals surface area contributed by atoms with Gasteiger partial charge in [-0.1, -0.05) is 37.6 Å². The molecule has 0 bridgehead atoms. The summed E-state index contributed by atoms with van der Waals surface area (Å²) < 4.78 is 0. The average Bonchev–Trinajstić information content (AvgIpc) is 3.23. The molecule has 1 saturated heterocycles. The molecule has 17 heavy (non-hydrogen) atoms. The molecule has 1 aromatic carbocycles. The predicted molar refractivity (Wildman–Crippen MR) is 72.4 cm³/mol. The van der Waals surface area contributed by atoms with E-state index in [0.29, 0.717) is 0 Å². The van der Waals surface area contributed by atoms with Gasteiger partial charge in [-0.15, -0.1) is 0 Å². The van der Waals surface area contributed by atoms with Gasteiger partial charge in [0.15, 0.2) is 0 Å². The fourth-order valence-electron chi connectivity index (χ4n) is 3.25. The van der Waals surface area contributed by atoms with Gasteiger partial charge in [-0.2, -0.15) is 0 Å². The topological polar surface area (TPSA) is 12.0 Å². The number of benzene rings is 1. The molecule has 0 radical (unpaired) electrons. The first-order valence-electron chi connectivity index (χ1n) is 7.19. The van der Waals surface area contributed by atoms with E-state index >= 15 is 0 Å². The SMILES string of the molecule is CCC1CNCCC1c1cccc(C2CC2)c1. The lowest BCUT2D eigenvalue weighted by atomic mass is 9.79. The van der Waals surface area contributed by atoms with Gasteiger partial charge < -0.3 is 5.32 Å². The lowest BCUT2D eigenvalue weighted by molar-refractivity contribution is 0.318. The second-order valence-corrected chi connectivity index (χ2v) is 5.71. The van der Waals surface area contributed by atoms with Crippen LogP contribution < -0.4 is 5.32 Å². The number of nitrogens with one attached hydrogen (secondary N) is 1. The van der Waals surface area contributed by atoms with Gasteiger partial charge in [0, 0.05) is 0 Å². The van der Waals surface area contributed by atoms with Gasteiger partial charge in [-0.05, 0) is 61.2 Å². The highest BCUT2D eigenvalue weighted by Gasteiger charge is 2.27. The van der Waals surface area contributed by atoms with Crippen LogP contribution >= 0.6 is 0 Å². The summed E-state index contributed by atoms with van der Waals surface area (Å²) in [4.78, 5) is 0. The fourth-order valence-corrected chi connectivity index (χ4v) is 3.25. The quantitative estimate of drug-likeness (QED) is 0.834. The molecule has 2 aliphatic rings. The zero-order valence-corrected chi connectivity index (χ0v) is 10.8. The van der Waals surface area contributed by atoms with Crippen molar-refractivity contribution in [3.05, 3.63) is 35.4 Å². The van der Waals surface area contributed by atoms with Crippen LogP contribution in [0.4, 0.5) is 0 Å². The summed E-state index contributed by atoms with van der Waals surface area (Å²) in [6, 6.07) is 9.45. The van der Waals surface area contributed by atoms with Gasteiger partial charge in [0.1, 0.15) is 0 Å². The van der Waals surface area contributed by atoms with Crippen LogP contribution in [0, 0.1) is 5.92 Å². The highest BCUT2D eigenvalue weighted by molar-refractivity contribution is 5.31. The molecular weight excluding hydrogens is 206 g/mol. The summed E-state index contributed by atoms with van der Waals surface area (Å²) in [7, 11) is 0. The van der Waals surface area contributed by atoms with Crippen molar-refractivity contribution in [2.24, 2.45) is 5.92 Å². The molecule has 2 atom stereocenters. The van der Waals surface area contributed by atoms with Crippen LogP contribution in [0.1, 0.15) is 55.6 Å². The van der Waals surface area contributed by atoms with Crippen LogP contribution in [-0.4, -0.2) is 13.1 Å². The Hall–Kier alpha value is -0.820. The molecule has 0 spiro atoms. The highest BCUT2D eigenvalue weighted by atomic mass is 14.9. The molecule has 1 aliphatic carbocycles. The van der Waals surface area contributed by atoms with Crippen molar-refractivity contribution in [1.29, 1.82) is 0 Å². The van der Waals surface area contributed by atoms with Crippen molar-refractivity contribution in [3.8, 4) is 0 Å². The molecule has 0 amide bonds. The first-order chi connectivity index (χ1) is 8.38. The van der Waals surface area contributed by atoms with E-state index in [-0.39, 0.29) is 0 Å². The normalized spacial score (nSPS) is 29.2. The molecule has 2 fully saturated rings. The lowest BCUT2D eigenvalue weighted by Crippen LogP contribution is -2.35. The van der Waals surface area contributed by atoms with E-state index in [9.17, 15) is 0 Å². The molecule has 1 nitrogen and oxygen atoms in total.